The zero-order chi connectivity index (χ0) is 17.9. The van der Waals surface area contributed by atoms with E-state index in [1.807, 2.05) is 17.9 Å². The van der Waals surface area contributed by atoms with Gasteiger partial charge in [0.05, 0.1) is 12.6 Å². The van der Waals surface area contributed by atoms with Gasteiger partial charge >= 0.3 is 0 Å². The summed E-state index contributed by atoms with van der Waals surface area (Å²) in [7, 11) is 0. The van der Waals surface area contributed by atoms with Gasteiger partial charge in [-0.1, -0.05) is 35.5 Å². The van der Waals surface area contributed by atoms with Crippen molar-refractivity contribution in [2.75, 3.05) is 26.2 Å². The molecule has 2 fully saturated rings. The van der Waals surface area contributed by atoms with Gasteiger partial charge in [0.1, 0.15) is 11.5 Å². The van der Waals surface area contributed by atoms with Gasteiger partial charge in [-0.05, 0) is 57.2 Å². The molecule has 0 radical (unpaired) electrons. The number of nitrogens with zero attached hydrogens (tertiary/aromatic N) is 3. The van der Waals surface area contributed by atoms with Crippen molar-refractivity contribution in [1.29, 1.82) is 0 Å². The minimum Gasteiger partial charge on any atom is -0.361 e. The molecule has 3 heterocycles. The molecule has 2 aromatic rings. The lowest BCUT2D eigenvalue weighted by Crippen LogP contribution is -2.43. The molecule has 0 aliphatic carbocycles. The lowest BCUT2D eigenvalue weighted by atomic mass is 9.89. The number of aryl methyl sites for hydroxylation is 1. The maximum absolute atomic E-state index is 12.9. The van der Waals surface area contributed by atoms with Crippen LogP contribution >= 0.6 is 0 Å². The number of aromatic nitrogens is 1. The summed E-state index contributed by atoms with van der Waals surface area (Å²) in [4.78, 5) is 17.2. The number of carbonyl (C=O) groups is 1. The molecule has 1 aromatic carbocycles. The van der Waals surface area contributed by atoms with Gasteiger partial charge in [0.15, 0.2) is 0 Å². The van der Waals surface area contributed by atoms with Crippen LogP contribution in [0.5, 0.6) is 0 Å². The Morgan fingerprint density at radius 3 is 2.62 bits per heavy atom. The molecular weight excluding hydrogens is 326 g/mol. The standard InChI is InChI=1S/C21H27N3O2/c1-16-14-19(22-26-16)20-8-5-11-24(20)21(25)15-23-12-9-18(10-13-23)17-6-3-2-4-7-17/h2-4,6-7,14,18,20H,5,8-13,15H2,1H3/t20-/m0/s1. The number of amides is 1. The van der Waals surface area contributed by atoms with Crippen molar-refractivity contribution in [2.45, 2.75) is 44.6 Å². The molecule has 1 aromatic heterocycles. The molecule has 26 heavy (non-hydrogen) atoms. The number of carbonyl (C=O) groups excluding carboxylic acids is 1. The van der Waals surface area contributed by atoms with Crippen LogP contribution < -0.4 is 0 Å². The van der Waals surface area contributed by atoms with Crippen molar-refractivity contribution >= 4 is 5.91 Å². The molecule has 2 aliphatic heterocycles. The van der Waals surface area contributed by atoms with Crippen LogP contribution in [-0.2, 0) is 4.79 Å². The van der Waals surface area contributed by atoms with Crippen molar-refractivity contribution in [3.63, 3.8) is 0 Å². The van der Waals surface area contributed by atoms with Crippen LogP contribution in [0.4, 0.5) is 0 Å². The fourth-order valence-electron chi connectivity index (χ4n) is 4.35. The molecule has 2 aliphatic rings. The molecule has 138 valence electrons. The molecule has 1 amide bonds. The van der Waals surface area contributed by atoms with Gasteiger partial charge in [-0.2, -0.15) is 0 Å². The molecule has 0 N–H and O–H groups in total. The summed E-state index contributed by atoms with van der Waals surface area (Å²) in [5.41, 5.74) is 2.33. The van der Waals surface area contributed by atoms with Crippen LogP contribution in [0.3, 0.4) is 0 Å². The number of rotatable bonds is 4. The molecule has 5 nitrogen and oxygen atoms in total. The van der Waals surface area contributed by atoms with Gasteiger partial charge in [-0.15, -0.1) is 0 Å². The summed E-state index contributed by atoms with van der Waals surface area (Å²) in [6, 6.07) is 12.8. The zero-order valence-corrected chi connectivity index (χ0v) is 15.4. The Kier molecular flexibility index (Phi) is 5.07. The SMILES string of the molecule is Cc1cc([C@@H]2CCCN2C(=O)CN2CCC(c3ccccc3)CC2)no1. The summed E-state index contributed by atoms with van der Waals surface area (Å²) in [6.45, 7) is 5.24. The third-order valence-corrected chi connectivity index (χ3v) is 5.78. The lowest BCUT2D eigenvalue weighted by Gasteiger charge is -2.33. The van der Waals surface area contributed by atoms with E-state index in [9.17, 15) is 4.79 Å². The van der Waals surface area contributed by atoms with Crippen LogP contribution in [0.2, 0.25) is 0 Å². The van der Waals surface area contributed by atoms with Crippen molar-refractivity contribution in [3.8, 4) is 0 Å². The lowest BCUT2D eigenvalue weighted by molar-refractivity contribution is -0.133. The summed E-state index contributed by atoms with van der Waals surface area (Å²) in [5.74, 6) is 1.66. The minimum absolute atomic E-state index is 0.0850. The predicted molar refractivity (Wildman–Crippen MR) is 99.8 cm³/mol. The molecule has 4 rings (SSSR count). The van der Waals surface area contributed by atoms with Gasteiger partial charge < -0.3 is 9.42 Å². The highest BCUT2D eigenvalue weighted by Gasteiger charge is 2.33. The van der Waals surface area contributed by atoms with Crippen molar-refractivity contribution in [1.82, 2.24) is 15.0 Å². The molecule has 5 heteroatoms. The highest BCUT2D eigenvalue weighted by molar-refractivity contribution is 5.79. The summed E-state index contributed by atoms with van der Waals surface area (Å²) < 4.78 is 5.21. The Morgan fingerprint density at radius 1 is 1.15 bits per heavy atom. The Morgan fingerprint density at radius 2 is 1.92 bits per heavy atom. The van der Waals surface area contributed by atoms with E-state index < -0.39 is 0 Å². The van der Waals surface area contributed by atoms with E-state index in [1.165, 1.54) is 5.56 Å². The normalized spacial score (nSPS) is 22.0. The van der Waals surface area contributed by atoms with Crippen molar-refractivity contribution in [2.24, 2.45) is 0 Å². The van der Waals surface area contributed by atoms with Gasteiger partial charge in [0.25, 0.3) is 0 Å². The monoisotopic (exact) mass is 353 g/mol. The second-order valence-electron chi connectivity index (χ2n) is 7.57. The maximum Gasteiger partial charge on any atom is 0.237 e. The van der Waals surface area contributed by atoms with Crippen LogP contribution in [0, 0.1) is 6.92 Å². The van der Waals surface area contributed by atoms with E-state index in [0.717, 1.165) is 56.8 Å². The first-order valence-electron chi connectivity index (χ1n) is 9.70. The first-order chi connectivity index (χ1) is 12.7. The molecule has 1 atom stereocenters. The smallest absolute Gasteiger partial charge is 0.237 e. The maximum atomic E-state index is 12.9. The first kappa shape index (κ1) is 17.3. The van der Waals surface area contributed by atoms with E-state index in [1.54, 1.807) is 0 Å². The van der Waals surface area contributed by atoms with Crippen molar-refractivity contribution in [3.05, 3.63) is 53.4 Å². The molecule has 0 bridgehead atoms. The van der Waals surface area contributed by atoms with Crippen LogP contribution in [-0.4, -0.2) is 47.0 Å². The van der Waals surface area contributed by atoms with E-state index in [-0.39, 0.29) is 11.9 Å². The number of hydrogen-bond donors (Lipinski definition) is 0. The van der Waals surface area contributed by atoms with Gasteiger partial charge in [0, 0.05) is 12.6 Å². The Balaban J connectivity index is 1.32. The fraction of sp³-hybridized carbons (Fsp3) is 0.524. The highest BCUT2D eigenvalue weighted by atomic mass is 16.5. The van der Waals surface area contributed by atoms with Crippen LogP contribution in [0.15, 0.2) is 40.9 Å². The predicted octanol–water partition coefficient (Wildman–Crippen LogP) is 3.53. The van der Waals surface area contributed by atoms with E-state index in [0.29, 0.717) is 12.5 Å². The molecular formula is C21H27N3O2. The third kappa shape index (κ3) is 3.68. The average molecular weight is 353 g/mol. The Hall–Kier alpha value is -2.14. The average Bonchev–Trinajstić information content (AvgIpc) is 3.32. The molecule has 0 spiro atoms. The van der Waals surface area contributed by atoms with Crippen molar-refractivity contribution < 1.29 is 9.32 Å². The molecule has 0 unspecified atom stereocenters. The zero-order valence-electron chi connectivity index (χ0n) is 15.4. The van der Waals surface area contributed by atoms with E-state index in [4.69, 9.17) is 4.52 Å². The second kappa shape index (κ2) is 7.62. The second-order valence-corrected chi connectivity index (χ2v) is 7.57. The van der Waals surface area contributed by atoms with Gasteiger partial charge in [-0.25, -0.2) is 0 Å². The Bertz CT molecular complexity index is 735. The van der Waals surface area contributed by atoms with E-state index in [2.05, 4.69) is 40.4 Å². The summed E-state index contributed by atoms with van der Waals surface area (Å²) in [6.07, 6.45) is 4.28. The van der Waals surface area contributed by atoms with Gasteiger partial charge in [-0.3, -0.25) is 9.69 Å². The number of benzene rings is 1. The molecule has 0 saturated carbocycles. The summed E-state index contributed by atoms with van der Waals surface area (Å²) >= 11 is 0. The third-order valence-electron chi connectivity index (χ3n) is 5.78. The number of piperidine rings is 1. The minimum atomic E-state index is 0.0850. The quantitative estimate of drug-likeness (QED) is 0.844. The topological polar surface area (TPSA) is 49.6 Å². The number of hydrogen-bond acceptors (Lipinski definition) is 4. The Labute approximate surface area is 155 Å². The van der Waals surface area contributed by atoms with E-state index >= 15 is 0 Å². The largest absolute Gasteiger partial charge is 0.361 e. The number of likely N-dealkylation sites (tertiary alicyclic amines) is 2. The van der Waals surface area contributed by atoms with Crippen LogP contribution in [0.25, 0.3) is 0 Å². The fourth-order valence-corrected chi connectivity index (χ4v) is 4.35. The first-order valence-corrected chi connectivity index (χ1v) is 9.70. The summed E-state index contributed by atoms with van der Waals surface area (Å²) in [5, 5.41) is 4.14. The molecule has 2 saturated heterocycles. The van der Waals surface area contributed by atoms with Gasteiger partial charge in [0.2, 0.25) is 5.91 Å². The van der Waals surface area contributed by atoms with Crippen LogP contribution in [0.1, 0.15) is 54.7 Å². The highest BCUT2D eigenvalue weighted by Crippen LogP contribution is 2.32.